The zero-order chi connectivity index (χ0) is 18.6. The average molecular weight is 382 g/mol. The maximum atomic E-state index is 12.0. The second-order valence-corrected chi connectivity index (χ2v) is 6.33. The summed E-state index contributed by atoms with van der Waals surface area (Å²) in [6.45, 7) is 3.73. The van der Waals surface area contributed by atoms with Gasteiger partial charge in [-0.15, -0.1) is 0 Å². The molecule has 132 valence electrons. The Hall–Kier alpha value is -2.31. The Kier molecular flexibility index (Phi) is 6.22. The van der Waals surface area contributed by atoms with E-state index in [0.717, 1.165) is 0 Å². The molecule has 1 amide bonds. The number of hydrogen-bond acceptors (Lipinski definition) is 4. The van der Waals surface area contributed by atoms with Crippen LogP contribution in [0.4, 0.5) is 0 Å². The largest absolute Gasteiger partial charge is 0.488 e. The van der Waals surface area contributed by atoms with Gasteiger partial charge in [0.1, 0.15) is 5.56 Å². The van der Waals surface area contributed by atoms with E-state index in [1.807, 2.05) is 13.8 Å². The summed E-state index contributed by atoms with van der Waals surface area (Å²) in [5, 5.41) is 4.51. The third-order valence-electron chi connectivity index (χ3n) is 3.12. The molecule has 0 saturated carbocycles. The van der Waals surface area contributed by atoms with Crippen LogP contribution in [0.5, 0.6) is 5.75 Å². The van der Waals surface area contributed by atoms with Gasteiger partial charge in [-0.2, -0.15) is 5.10 Å². The summed E-state index contributed by atoms with van der Waals surface area (Å²) in [7, 11) is 1.56. The monoisotopic (exact) mass is 381 g/mol. The predicted molar refractivity (Wildman–Crippen MR) is 99.0 cm³/mol. The molecule has 0 atom stereocenters. The molecule has 1 aromatic heterocycles. The first-order valence-corrected chi connectivity index (χ1v) is 8.20. The highest BCUT2D eigenvalue weighted by Gasteiger charge is 2.12. The van der Waals surface area contributed by atoms with E-state index in [4.69, 9.17) is 27.9 Å². The van der Waals surface area contributed by atoms with E-state index in [1.54, 1.807) is 31.4 Å². The Balaban J connectivity index is 2.13. The number of halogens is 2. The van der Waals surface area contributed by atoms with E-state index in [-0.39, 0.29) is 11.7 Å². The van der Waals surface area contributed by atoms with E-state index < -0.39 is 11.5 Å². The summed E-state index contributed by atoms with van der Waals surface area (Å²) in [5.74, 6) is -0.207. The van der Waals surface area contributed by atoms with Crippen molar-refractivity contribution < 1.29 is 9.53 Å². The summed E-state index contributed by atoms with van der Waals surface area (Å²) in [4.78, 5) is 23.9. The van der Waals surface area contributed by atoms with Crippen molar-refractivity contribution in [3.63, 3.8) is 0 Å². The number of ether oxygens (including phenoxy) is 1. The van der Waals surface area contributed by atoms with Gasteiger partial charge < -0.3 is 9.30 Å². The molecule has 2 aromatic rings. The first kappa shape index (κ1) is 19.0. The summed E-state index contributed by atoms with van der Waals surface area (Å²) in [6.07, 6.45) is 2.87. The van der Waals surface area contributed by atoms with Gasteiger partial charge in [-0.3, -0.25) is 9.59 Å². The number of carbonyl (C=O) groups excluding carboxylic acids is 1. The molecule has 0 unspecified atom stereocenters. The first-order chi connectivity index (χ1) is 11.8. The van der Waals surface area contributed by atoms with Crippen LogP contribution in [-0.2, 0) is 7.05 Å². The molecule has 25 heavy (non-hydrogen) atoms. The molecule has 2 rings (SSSR count). The molecule has 0 fully saturated rings. The molecule has 1 heterocycles. The third kappa shape index (κ3) is 4.84. The standard InChI is InChI=1S/C17H17Cl2N3O3/c1-10(2)25-15-13(18)7-11(8-14(15)19)9-20-21-16(23)12-5-4-6-22(3)17(12)24/h4-10H,1-3H3,(H,21,23)/b20-9-. The van der Waals surface area contributed by atoms with Crippen LogP contribution in [0.15, 0.2) is 40.4 Å². The predicted octanol–water partition coefficient (Wildman–Crippen LogP) is 3.24. The lowest BCUT2D eigenvalue weighted by Gasteiger charge is -2.13. The summed E-state index contributed by atoms with van der Waals surface area (Å²) >= 11 is 12.3. The van der Waals surface area contributed by atoms with Crippen LogP contribution in [0, 0.1) is 0 Å². The van der Waals surface area contributed by atoms with E-state index >= 15 is 0 Å². The van der Waals surface area contributed by atoms with Crippen LogP contribution in [-0.4, -0.2) is 22.8 Å². The van der Waals surface area contributed by atoms with Crippen LogP contribution in [0.25, 0.3) is 0 Å². The Morgan fingerprint density at radius 1 is 1.32 bits per heavy atom. The van der Waals surface area contributed by atoms with Crippen LogP contribution < -0.4 is 15.7 Å². The van der Waals surface area contributed by atoms with Crippen molar-refractivity contribution in [2.75, 3.05) is 0 Å². The van der Waals surface area contributed by atoms with Crippen molar-refractivity contribution in [1.82, 2.24) is 9.99 Å². The van der Waals surface area contributed by atoms with Crippen molar-refractivity contribution in [3.05, 3.63) is 62.0 Å². The number of nitrogens with one attached hydrogen (secondary N) is 1. The number of benzene rings is 1. The van der Waals surface area contributed by atoms with Gasteiger partial charge in [0.15, 0.2) is 5.75 Å². The maximum absolute atomic E-state index is 12.0. The first-order valence-electron chi connectivity index (χ1n) is 7.44. The van der Waals surface area contributed by atoms with E-state index in [0.29, 0.717) is 21.4 Å². The molecule has 0 spiro atoms. The Labute approximate surface area is 155 Å². The number of nitrogens with zero attached hydrogens (tertiary/aromatic N) is 2. The minimum Gasteiger partial charge on any atom is -0.488 e. The van der Waals surface area contributed by atoms with Gasteiger partial charge in [0.2, 0.25) is 0 Å². The highest BCUT2D eigenvalue weighted by Crippen LogP contribution is 2.34. The number of amides is 1. The van der Waals surface area contributed by atoms with Crippen molar-refractivity contribution in [2.45, 2.75) is 20.0 Å². The number of hydrogen-bond donors (Lipinski definition) is 1. The quantitative estimate of drug-likeness (QED) is 0.638. The average Bonchev–Trinajstić information content (AvgIpc) is 2.53. The summed E-state index contributed by atoms with van der Waals surface area (Å²) < 4.78 is 6.85. The molecule has 0 aliphatic carbocycles. The van der Waals surface area contributed by atoms with Gasteiger partial charge in [0.25, 0.3) is 11.5 Å². The smallest absolute Gasteiger partial charge is 0.276 e. The molecule has 1 N–H and O–H groups in total. The Bertz CT molecular complexity index is 853. The molecule has 0 bridgehead atoms. The highest BCUT2D eigenvalue weighted by molar-refractivity contribution is 6.37. The normalized spacial score (nSPS) is 11.1. The van der Waals surface area contributed by atoms with Crippen LogP contribution in [0.3, 0.4) is 0 Å². The van der Waals surface area contributed by atoms with Crippen molar-refractivity contribution >= 4 is 35.3 Å². The maximum Gasteiger partial charge on any atom is 0.276 e. The molecule has 0 aliphatic heterocycles. The van der Waals surface area contributed by atoms with Gasteiger partial charge in [0.05, 0.1) is 22.4 Å². The summed E-state index contributed by atoms with van der Waals surface area (Å²) in [5.41, 5.74) is 2.47. The number of aryl methyl sites for hydroxylation is 1. The molecule has 8 heteroatoms. The van der Waals surface area contributed by atoms with Gasteiger partial charge >= 0.3 is 0 Å². The van der Waals surface area contributed by atoms with E-state index in [1.165, 1.54) is 16.8 Å². The third-order valence-corrected chi connectivity index (χ3v) is 3.68. The summed E-state index contributed by atoms with van der Waals surface area (Å²) in [6, 6.07) is 6.26. The molecule has 0 aliphatic rings. The second kappa shape index (κ2) is 8.18. The lowest BCUT2D eigenvalue weighted by Crippen LogP contribution is -2.29. The number of aromatic nitrogens is 1. The zero-order valence-electron chi connectivity index (χ0n) is 13.9. The van der Waals surface area contributed by atoms with Crippen LogP contribution >= 0.6 is 23.2 Å². The molecular formula is C17H17Cl2N3O3. The Morgan fingerprint density at radius 3 is 2.56 bits per heavy atom. The Morgan fingerprint density at radius 2 is 1.96 bits per heavy atom. The van der Waals surface area contributed by atoms with Crippen LogP contribution in [0.2, 0.25) is 10.0 Å². The SMILES string of the molecule is CC(C)Oc1c(Cl)cc(/C=N\NC(=O)c2cccn(C)c2=O)cc1Cl. The number of pyridine rings is 1. The lowest BCUT2D eigenvalue weighted by molar-refractivity contribution is 0.0953. The van der Waals surface area contributed by atoms with Gasteiger partial charge in [-0.1, -0.05) is 23.2 Å². The second-order valence-electron chi connectivity index (χ2n) is 5.52. The fourth-order valence-electron chi connectivity index (χ4n) is 2.00. The fraction of sp³-hybridized carbons (Fsp3) is 0.235. The highest BCUT2D eigenvalue weighted by atomic mass is 35.5. The minimum atomic E-state index is -0.602. The van der Waals surface area contributed by atoms with Crippen molar-refractivity contribution in [1.29, 1.82) is 0 Å². The van der Waals surface area contributed by atoms with Crippen LogP contribution in [0.1, 0.15) is 29.8 Å². The molecule has 0 radical (unpaired) electrons. The number of hydrazone groups is 1. The molecule has 1 aromatic carbocycles. The van der Waals surface area contributed by atoms with Crippen molar-refractivity contribution in [2.24, 2.45) is 12.1 Å². The van der Waals surface area contributed by atoms with Gasteiger partial charge in [-0.25, -0.2) is 5.43 Å². The number of rotatable bonds is 5. The topological polar surface area (TPSA) is 72.7 Å². The minimum absolute atomic E-state index is 0.00102. The molecule has 0 saturated heterocycles. The lowest BCUT2D eigenvalue weighted by atomic mass is 10.2. The van der Waals surface area contributed by atoms with Gasteiger partial charge in [0, 0.05) is 13.2 Å². The van der Waals surface area contributed by atoms with E-state index in [2.05, 4.69) is 10.5 Å². The fourth-order valence-corrected chi connectivity index (χ4v) is 2.59. The molecule has 6 nitrogen and oxygen atoms in total. The van der Waals surface area contributed by atoms with Crippen molar-refractivity contribution in [3.8, 4) is 5.75 Å². The molecular weight excluding hydrogens is 365 g/mol. The number of carbonyl (C=O) groups is 1. The van der Waals surface area contributed by atoms with Gasteiger partial charge in [-0.05, 0) is 43.7 Å². The zero-order valence-corrected chi connectivity index (χ0v) is 15.4. The van der Waals surface area contributed by atoms with E-state index in [9.17, 15) is 9.59 Å².